The molecular formula is C19H19NO4S2. The van der Waals surface area contributed by atoms with Crippen LogP contribution in [-0.2, 0) is 19.6 Å². The number of benzene rings is 2. The monoisotopic (exact) mass is 389 g/mol. The molecule has 0 aliphatic rings. The fraction of sp³-hybridized carbons (Fsp3) is 0.211. The van der Waals surface area contributed by atoms with Gasteiger partial charge in [0.25, 0.3) is 0 Å². The summed E-state index contributed by atoms with van der Waals surface area (Å²) in [6.07, 6.45) is 7.10. The average Bonchev–Trinajstić information content (AvgIpc) is 2.67. The molecule has 0 fully saturated rings. The lowest BCUT2D eigenvalue weighted by Crippen LogP contribution is -2.41. The number of ether oxygens (including phenoxy) is 1. The zero-order valence-electron chi connectivity index (χ0n) is 14.4. The van der Waals surface area contributed by atoms with Crippen molar-refractivity contribution in [3.8, 4) is 23.5 Å². The molecule has 0 aliphatic heterocycles. The number of esters is 1. The van der Waals surface area contributed by atoms with Gasteiger partial charge in [-0.05, 0) is 41.6 Å². The first-order valence-electron chi connectivity index (χ1n) is 7.69. The van der Waals surface area contributed by atoms with Crippen molar-refractivity contribution in [1.29, 1.82) is 0 Å². The Morgan fingerprint density at radius 2 is 1.69 bits per heavy atom. The van der Waals surface area contributed by atoms with Crippen molar-refractivity contribution >= 4 is 27.8 Å². The minimum atomic E-state index is -3.90. The van der Waals surface area contributed by atoms with Crippen molar-refractivity contribution in [2.24, 2.45) is 0 Å². The summed E-state index contributed by atoms with van der Waals surface area (Å²) in [5.41, 5.74) is 1.88. The van der Waals surface area contributed by atoms with Gasteiger partial charge in [0.2, 0.25) is 10.0 Å². The van der Waals surface area contributed by atoms with Crippen LogP contribution in [0, 0.1) is 12.3 Å². The van der Waals surface area contributed by atoms with E-state index in [1.165, 1.54) is 19.2 Å². The molecule has 2 aromatic rings. The number of hydrogen-bond donors (Lipinski definition) is 1. The summed E-state index contributed by atoms with van der Waals surface area (Å²) in [7, 11) is -2.72. The van der Waals surface area contributed by atoms with Crippen molar-refractivity contribution in [2.75, 3.05) is 13.4 Å². The second-order valence-electron chi connectivity index (χ2n) is 5.36. The van der Waals surface area contributed by atoms with Crippen LogP contribution < -0.4 is 4.72 Å². The van der Waals surface area contributed by atoms with Crippen molar-refractivity contribution < 1.29 is 17.9 Å². The second-order valence-corrected chi connectivity index (χ2v) is 7.95. The topological polar surface area (TPSA) is 72.5 Å². The van der Waals surface area contributed by atoms with Crippen LogP contribution in [0.4, 0.5) is 0 Å². The van der Waals surface area contributed by atoms with Crippen LogP contribution in [0.2, 0.25) is 0 Å². The van der Waals surface area contributed by atoms with Gasteiger partial charge in [0, 0.05) is 11.3 Å². The molecule has 0 heterocycles. The highest BCUT2D eigenvalue weighted by molar-refractivity contribution is 7.98. The van der Waals surface area contributed by atoms with Crippen LogP contribution in [0.15, 0.2) is 58.3 Å². The zero-order chi connectivity index (χ0) is 19.2. The summed E-state index contributed by atoms with van der Waals surface area (Å²) in [6, 6.07) is 13.3. The van der Waals surface area contributed by atoms with Gasteiger partial charge in [-0.15, -0.1) is 24.1 Å². The molecule has 2 aromatic carbocycles. The van der Waals surface area contributed by atoms with Crippen LogP contribution in [-0.4, -0.2) is 33.8 Å². The first-order valence-corrected chi connectivity index (χ1v) is 10.4. The molecule has 0 saturated carbocycles. The lowest BCUT2D eigenvalue weighted by molar-refractivity contribution is -0.142. The maximum Gasteiger partial charge on any atom is 0.324 e. The van der Waals surface area contributed by atoms with E-state index in [9.17, 15) is 13.2 Å². The lowest BCUT2D eigenvalue weighted by Gasteiger charge is -2.14. The molecule has 1 N–H and O–H groups in total. The molecule has 0 saturated heterocycles. The fourth-order valence-electron chi connectivity index (χ4n) is 2.30. The SMILES string of the molecule is C#CCC(NS(=O)(=O)c1ccc(-c2ccc(SC)cc2)cc1)C(=O)OC. The second kappa shape index (κ2) is 8.90. The Morgan fingerprint density at radius 1 is 1.15 bits per heavy atom. The minimum Gasteiger partial charge on any atom is -0.468 e. The van der Waals surface area contributed by atoms with E-state index < -0.39 is 22.0 Å². The third-order valence-corrected chi connectivity index (χ3v) is 5.92. The van der Waals surface area contributed by atoms with Gasteiger partial charge < -0.3 is 4.74 Å². The molecule has 1 unspecified atom stereocenters. The van der Waals surface area contributed by atoms with E-state index in [1.807, 2.05) is 30.5 Å². The zero-order valence-corrected chi connectivity index (χ0v) is 16.1. The van der Waals surface area contributed by atoms with Gasteiger partial charge in [-0.25, -0.2) is 8.42 Å². The number of carbonyl (C=O) groups excluding carboxylic acids is 1. The molecule has 0 spiro atoms. The van der Waals surface area contributed by atoms with E-state index in [4.69, 9.17) is 6.42 Å². The summed E-state index contributed by atoms with van der Waals surface area (Å²) >= 11 is 1.65. The van der Waals surface area contributed by atoms with E-state index in [1.54, 1.807) is 23.9 Å². The van der Waals surface area contributed by atoms with Gasteiger partial charge in [0.15, 0.2) is 0 Å². The minimum absolute atomic E-state index is 0.0490. The molecule has 136 valence electrons. The molecule has 0 aromatic heterocycles. The van der Waals surface area contributed by atoms with E-state index in [0.717, 1.165) is 16.0 Å². The van der Waals surface area contributed by atoms with Crippen molar-refractivity contribution in [1.82, 2.24) is 4.72 Å². The Kier molecular flexibility index (Phi) is 6.86. The quantitative estimate of drug-likeness (QED) is 0.448. The van der Waals surface area contributed by atoms with Crippen LogP contribution >= 0.6 is 11.8 Å². The average molecular weight is 389 g/mol. The first-order chi connectivity index (χ1) is 12.4. The highest BCUT2D eigenvalue weighted by Gasteiger charge is 2.25. The summed E-state index contributed by atoms with van der Waals surface area (Å²) < 4.78 is 31.8. The predicted octanol–water partition coefficient (Wildman–Crippen LogP) is 2.92. The van der Waals surface area contributed by atoms with Gasteiger partial charge in [0.1, 0.15) is 6.04 Å². The normalized spacial score (nSPS) is 12.2. The molecule has 5 nitrogen and oxygen atoms in total. The Hall–Kier alpha value is -2.27. The highest BCUT2D eigenvalue weighted by atomic mass is 32.2. The molecule has 26 heavy (non-hydrogen) atoms. The van der Waals surface area contributed by atoms with Gasteiger partial charge in [0.05, 0.1) is 12.0 Å². The fourth-order valence-corrected chi connectivity index (χ4v) is 3.89. The van der Waals surface area contributed by atoms with Gasteiger partial charge in [-0.1, -0.05) is 24.3 Å². The standard InChI is InChI=1S/C19H19NO4S2/c1-4-5-18(19(21)24-2)20-26(22,23)17-12-8-15(9-13-17)14-6-10-16(25-3)11-7-14/h1,6-13,18,20H,5H2,2-3H3. The Morgan fingerprint density at radius 3 is 2.15 bits per heavy atom. The van der Waals surface area contributed by atoms with Crippen molar-refractivity contribution in [2.45, 2.75) is 22.3 Å². The summed E-state index contributed by atoms with van der Waals surface area (Å²) in [4.78, 5) is 12.9. The highest BCUT2D eigenvalue weighted by Crippen LogP contribution is 2.24. The molecule has 2 rings (SSSR count). The number of hydrogen-bond acceptors (Lipinski definition) is 5. The van der Waals surface area contributed by atoms with Gasteiger partial charge >= 0.3 is 5.97 Å². The Labute approximate surface area is 158 Å². The summed E-state index contributed by atoms with van der Waals surface area (Å²) in [5, 5.41) is 0. The molecule has 0 bridgehead atoms. The van der Waals surface area contributed by atoms with Gasteiger partial charge in [-0.3, -0.25) is 4.79 Å². The Bertz CT molecular complexity index is 898. The maximum atomic E-state index is 12.5. The summed E-state index contributed by atoms with van der Waals surface area (Å²) in [5.74, 6) is 1.54. The molecule has 0 radical (unpaired) electrons. The smallest absolute Gasteiger partial charge is 0.324 e. The predicted molar refractivity (Wildman–Crippen MR) is 103 cm³/mol. The summed E-state index contributed by atoms with van der Waals surface area (Å²) in [6.45, 7) is 0. The van der Waals surface area contributed by atoms with Crippen molar-refractivity contribution in [3.05, 3.63) is 48.5 Å². The van der Waals surface area contributed by atoms with Crippen molar-refractivity contribution in [3.63, 3.8) is 0 Å². The maximum absolute atomic E-state index is 12.5. The van der Waals surface area contributed by atoms with Crippen LogP contribution in [0.5, 0.6) is 0 Å². The molecule has 0 amide bonds. The van der Waals surface area contributed by atoms with Gasteiger partial charge in [-0.2, -0.15) is 4.72 Å². The number of sulfonamides is 1. The van der Waals surface area contributed by atoms with Crippen LogP contribution in [0.25, 0.3) is 11.1 Å². The number of thioether (sulfide) groups is 1. The number of nitrogens with one attached hydrogen (secondary N) is 1. The molecule has 7 heteroatoms. The van der Waals surface area contributed by atoms with Crippen LogP contribution in [0.3, 0.4) is 0 Å². The number of methoxy groups -OCH3 is 1. The molecule has 0 aliphatic carbocycles. The largest absolute Gasteiger partial charge is 0.468 e. The number of carbonyl (C=O) groups is 1. The first kappa shape index (κ1) is 20.0. The molecule has 1 atom stereocenters. The van der Waals surface area contributed by atoms with E-state index in [2.05, 4.69) is 15.4 Å². The van der Waals surface area contributed by atoms with E-state index in [-0.39, 0.29) is 11.3 Å². The number of rotatable bonds is 7. The molecular weight excluding hydrogens is 370 g/mol. The number of terminal acetylenes is 1. The third kappa shape index (κ3) is 4.88. The van der Waals surface area contributed by atoms with E-state index >= 15 is 0 Å². The Balaban J connectivity index is 2.22. The third-order valence-electron chi connectivity index (χ3n) is 3.69. The van der Waals surface area contributed by atoms with Crippen LogP contribution in [0.1, 0.15) is 6.42 Å². The van der Waals surface area contributed by atoms with E-state index in [0.29, 0.717) is 0 Å². The lowest BCUT2D eigenvalue weighted by atomic mass is 10.1.